The van der Waals surface area contributed by atoms with Crippen LogP contribution in [0.15, 0.2) is 0 Å². The molecule has 0 aromatic heterocycles. The van der Waals surface area contributed by atoms with Crippen molar-refractivity contribution in [3.8, 4) is 0 Å². The molecule has 4 N–H and O–H groups in total. The number of carbonyl (C=O) groups is 1. The molecule has 15 heavy (non-hydrogen) atoms. The van der Waals surface area contributed by atoms with Crippen LogP contribution in [0.5, 0.6) is 0 Å². The molecule has 1 fully saturated rings. The van der Waals surface area contributed by atoms with Crippen molar-refractivity contribution in [2.24, 2.45) is 5.92 Å². The van der Waals surface area contributed by atoms with E-state index in [1.54, 1.807) is 0 Å². The molecular weight excluding hydrogens is 196 g/mol. The Morgan fingerprint density at radius 3 is 2.67 bits per heavy atom. The lowest BCUT2D eigenvalue weighted by molar-refractivity contribution is -0.124. The zero-order valence-electron chi connectivity index (χ0n) is 9.23. The topological polar surface area (TPSA) is 81.6 Å². The maximum Gasteiger partial charge on any atom is 0.237 e. The predicted octanol–water partition coefficient (Wildman–Crippen LogP) is -1.16. The summed E-state index contributed by atoms with van der Waals surface area (Å²) >= 11 is 0. The SMILES string of the molecule is CC(C)C(CO)NC(=O)C1CC(O)CN1. The van der Waals surface area contributed by atoms with E-state index in [2.05, 4.69) is 10.6 Å². The quantitative estimate of drug-likeness (QED) is 0.478. The zero-order valence-corrected chi connectivity index (χ0v) is 9.23. The van der Waals surface area contributed by atoms with Gasteiger partial charge in [-0.25, -0.2) is 0 Å². The fraction of sp³-hybridized carbons (Fsp3) is 0.900. The van der Waals surface area contributed by atoms with Gasteiger partial charge in [0.15, 0.2) is 0 Å². The van der Waals surface area contributed by atoms with Gasteiger partial charge >= 0.3 is 0 Å². The molecule has 3 unspecified atom stereocenters. The average molecular weight is 216 g/mol. The van der Waals surface area contributed by atoms with Crippen LogP contribution in [0.25, 0.3) is 0 Å². The number of rotatable bonds is 4. The van der Waals surface area contributed by atoms with Crippen LogP contribution in [0, 0.1) is 5.92 Å². The van der Waals surface area contributed by atoms with Gasteiger partial charge in [0, 0.05) is 6.54 Å². The molecule has 88 valence electrons. The number of β-amino-alcohol motifs (C(OH)–C–C–N with tert-alkyl or cyclic N) is 1. The molecule has 1 heterocycles. The van der Waals surface area contributed by atoms with Gasteiger partial charge in [0.25, 0.3) is 0 Å². The number of hydrogen-bond donors (Lipinski definition) is 4. The Morgan fingerprint density at radius 1 is 1.60 bits per heavy atom. The van der Waals surface area contributed by atoms with Crippen LogP contribution in [-0.2, 0) is 4.79 Å². The van der Waals surface area contributed by atoms with E-state index >= 15 is 0 Å². The molecule has 0 aromatic carbocycles. The third kappa shape index (κ3) is 3.44. The zero-order chi connectivity index (χ0) is 11.4. The largest absolute Gasteiger partial charge is 0.394 e. The number of nitrogens with one attached hydrogen (secondary N) is 2. The molecule has 5 nitrogen and oxygen atoms in total. The fourth-order valence-corrected chi connectivity index (χ4v) is 1.62. The number of amides is 1. The molecule has 3 atom stereocenters. The van der Waals surface area contributed by atoms with E-state index in [0.29, 0.717) is 13.0 Å². The van der Waals surface area contributed by atoms with Crippen molar-refractivity contribution >= 4 is 5.91 Å². The van der Waals surface area contributed by atoms with Crippen LogP contribution < -0.4 is 10.6 Å². The molecule has 0 aromatic rings. The van der Waals surface area contributed by atoms with Crippen LogP contribution in [0.1, 0.15) is 20.3 Å². The van der Waals surface area contributed by atoms with Crippen molar-refractivity contribution in [1.29, 1.82) is 0 Å². The van der Waals surface area contributed by atoms with Gasteiger partial charge in [0.05, 0.1) is 24.8 Å². The second-order valence-electron chi connectivity index (χ2n) is 4.39. The lowest BCUT2D eigenvalue weighted by Gasteiger charge is -2.22. The summed E-state index contributed by atoms with van der Waals surface area (Å²) in [5.41, 5.74) is 0. The number of aliphatic hydroxyl groups is 2. The molecule has 5 heteroatoms. The smallest absolute Gasteiger partial charge is 0.237 e. The van der Waals surface area contributed by atoms with Crippen molar-refractivity contribution in [3.05, 3.63) is 0 Å². The van der Waals surface area contributed by atoms with E-state index in [4.69, 9.17) is 5.11 Å². The number of aliphatic hydroxyl groups excluding tert-OH is 2. The van der Waals surface area contributed by atoms with Crippen molar-refractivity contribution in [2.45, 2.75) is 38.5 Å². The molecule has 1 rings (SSSR count). The first-order valence-corrected chi connectivity index (χ1v) is 5.37. The highest BCUT2D eigenvalue weighted by atomic mass is 16.3. The maximum absolute atomic E-state index is 11.7. The molecule has 1 aliphatic rings. The Hall–Kier alpha value is -0.650. The minimum absolute atomic E-state index is 0.0569. The standard InChI is InChI=1S/C10H20N2O3/c1-6(2)9(5-13)12-10(15)8-3-7(14)4-11-8/h6-9,11,13-14H,3-5H2,1-2H3,(H,12,15). The van der Waals surface area contributed by atoms with Crippen LogP contribution in [0.4, 0.5) is 0 Å². The molecule has 0 bridgehead atoms. The molecule has 0 spiro atoms. The van der Waals surface area contributed by atoms with Gasteiger partial charge in [-0.05, 0) is 12.3 Å². The monoisotopic (exact) mass is 216 g/mol. The van der Waals surface area contributed by atoms with E-state index in [9.17, 15) is 9.90 Å². The van der Waals surface area contributed by atoms with Crippen LogP contribution >= 0.6 is 0 Å². The van der Waals surface area contributed by atoms with Gasteiger partial charge < -0.3 is 20.8 Å². The van der Waals surface area contributed by atoms with E-state index in [1.165, 1.54) is 0 Å². The minimum Gasteiger partial charge on any atom is -0.394 e. The van der Waals surface area contributed by atoms with Gasteiger partial charge in [-0.1, -0.05) is 13.8 Å². The van der Waals surface area contributed by atoms with Gasteiger partial charge in [-0.15, -0.1) is 0 Å². The van der Waals surface area contributed by atoms with Gasteiger partial charge in [-0.3, -0.25) is 4.79 Å². The normalized spacial score (nSPS) is 28.1. The Labute approximate surface area is 89.9 Å². The minimum atomic E-state index is -0.438. The summed E-state index contributed by atoms with van der Waals surface area (Å²) in [7, 11) is 0. The Morgan fingerprint density at radius 2 is 2.27 bits per heavy atom. The lowest BCUT2D eigenvalue weighted by atomic mass is 10.0. The summed E-state index contributed by atoms with van der Waals surface area (Å²) in [6.07, 6.45) is 0.00889. The average Bonchev–Trinajstić information content (AvgIpc) is 2.60. The number of carbonyl (C=O) groups excluding carboxylic acids is 1. The molecule has 0 radical (unpaired) electrons. The van der Waals surface area contributed by atoms with Crippen molar-refractivity contribution in [3.63, 3.8) is 0 Å². The Balaban J connectivity index is 2.40. The third-order valence-electron chi connectivity index (χ3n) is 2.75. The second kappa shape index (κ2) is 5.44. The van der Waals surface area contributed by atoms with Crippen LogP contribution in [0.3, 0.4) is 0 Å². The summed E-state index contributed by atoms with van der Waals surface area (Å²) in [5, 5.41) is 24.0. The van der Waals surface area contributed by atoms with Gasteiger partial charge in [0.1, 0.15) is 0 Å². The molecular formula is C10H20N2O3. The van der Waals surface area contributed by atoms with Crippen LogP contribution in [0.2, 0.25) is 0 Å². The van der Waals surface area contributed by atoms with E-state index < -0.39 is 6.10 Å². The first-order valence-electron chi connectivity index (χ1n) is 5.37. The summed E-state index contributed by atoms with van der Waals surface area (Å²) in [6, 6.07) is -0.537. The van der Waals surface area contributed by atoms with Crippen LogP contribution in [-0.4, -0.2) is 47.5 Å². The first-order chi connectivity index (χ1) is 7.04. The van der Waals surface area contributed by atoms with Crippen molar-refractivity contribution < 1.29 is 15.0 Å². The predicted molar refractivity (Wildman–Crippen MR) is 56.3 cm³/mol. The highest BCUT2D eigenvalue weighted by Gasteiger charge is 2.29. The molecule has 1 aliphatic heterocycles. The lowest BCUT2D eigenvalue weighted by Crippen LogP contribution is -2.48. The van der Waals surface area contributed by atoms with Gasteiger partial charge in [-0.2, -0.15) is 0 Å². The number of hydrogen-bond acceptors (Lipinski definition) is 4. The highest BCUT2D eigenvalue weighted by Crippen LogP contribution is 2.08. The maximum atomic E-state index is 11.7. The molecule has 1 saturated heterocycles. The van der Waals surface area contributed by atoms with E-state index in [-0.39, 0.29) is 30.5 Å². The van der Waals surface area contributed by atoms with Crippen molar-refractivity contribution in [1.82, 2.24) is 10.6 Å². The Bertz CT molecular complexity index is 221. The molecule has 1 amide bonds. The van der Waals surface area contributed by atoms with Crippen molar-refractivity contribution in [2.75, 3.05) is 13.2 Å². The fourth-order valence-electron chi connectivity index (χ4n) is 1.62. The summed E-state index contributed by atoms with van der Waals surface area (Å²) in [5.74, 6) is 0.0598. The second-order valence-corrected chi connectivity index (χ2v) is 4.39. The highest BCUT2D eigenvalue weighted by molar-refractivity contribution is 5.82. The molecule has 0 aliphatic carbocycles. The molecule has 0 saturated carbocycles. The van der Waals surface area contributed by atoms with Gasteiger partial charge in [0.2, 0.25) is 5.91 Å². The summed E-state index contributed by atoms with van der Waals surface area (Å²) in [4.78, 5) is 11.7. The Kier molecular flexibility index (Phi) is 4.50. The summed E-state index contributed by atoms with van der Waals surface area (Å²) in [6.45, 7) is 4.29. The van der Waals surface area contributed by atoms with E-state index in [0.717, 1.165) is 0 Å². The first kappa shape index (κ1) is 12.4. The van der Waals surface area contributed by atoms with E-state index in [1.807, 2.05) is 13.8 Å². The third-order valence-corrected chi connectivity index (χ3v) is 2.75. The summed E-state index contributed by atoms with van der Waals surface area (Å²) < 4.78 is 0.